The van der Waals surface area contributed by atoms with E-state index in [0.717, 1.165) is 13.0 Å². The molecule has 0 amide bonds. The third-order valence-electron chi connectivity index (χ3n) is 2.00. The van der Waals surface area contributed by atoms with Crippen LogP contribution in [0.1, 0.15) is 27.2 Å². The van der Waals surface area contributed by atoms with Crippen molar-refractivity contribution >= 4 is 0 Å². The molecule has 0 aliphatic heterocycles. The molecule has 0 aromatic carbocycles. The molecular weight excluding hydrogens is 164 g/mol. The van der Waals surface area contributed by atoms with Gasteiger partial charge in [-0.2, -0.15) is 5.26 Å². The smallest absolute Gasteiger partial charge is 0.105 e. The Morgan fingerprint density at radius 1 is 1.54 bits per heavy atom. The Bertz CT molecular complexity index is 174. The Balaban J connectivity index is 3.58. The summed E-state index contributed by atoms with van der Waals surface area (Å²) in [4.78, 5) is 0. The Labute approximate surface area is 81.1 Å². The van der Waals surface area contributed by atoms with Crippen LogP contribution in [0.25, 0.3) is 0 Å². The quantitative estimate of drug-likeness (QED) is 0.637. The average molecular weight is 184 g/mol. The molecule has 0 aromatic rings. The molecule has 0 radical (unpaired) electrons. The van der Waals surface area contributed by atoms with Gasteiger partial charge in [0.1, 0.15) is 5.54 Å². The van der Waals surface area contributed by atoms with Gasteiger partial charge in [-0.15, -0.1) is 0 Å². The van der Waals surface area contributed by atoms with Gasteiger partial charge in [0.05, 0.1) is 6.07 Å². The Hall–Kier alpha value is -0.590. The van der Waals surface area contributed by atoms with Crippen LogP contribution < -0.4 is 5.32 Å². The molecule has 0 fully saturated rings. The summed E-state index contributed by atoms with van der Waals surface area (Å²) < 4.78 is 5.40. The second-order valence-electron chi connectivity index (χ2n) is 3.91. The molecule has 0 aromatic heterocycles. The zero-order valence-corrected chi connectivity index (χ0v) is 9.05. The van der Waals surface area contributed by atoms with Gasteiger partial charge in [0, 0.05) is 19.6 Å². The van der Waals surface area contributed by atoms with Crippen molar-refractivity contribution in [2.75, 3.05) is 20.3 Å². The van der Waals surface area contributed by atoms with Crippen LogP contribution in [0.2, 0.25) is 0 Å². The van der Waals surface area contributed by atoms with Crippen molar-refractivity contribution in [3.05, 3.63) is 0 Å². The lowest BCUT2D eigenvalue weighted by molar-refractivity contribution is 0.0974. The van der Waals surface area contributed by atoms with Crippen LogP contribution in [0.3, 0.4) is 0 Å². The standard InChI is InChI=1S/C10H20N2O/c1-9(2)7-13-6-5-10(3,8-11)12-4/h9,12H,5-7H2,1-4H3. The van der Waals surface area contributed by atoms with Gasteiger partial charge in [0.25, 0.3) is 0 Å². The van der Waals surface area contributed by atoms with E-state index in [0.29, 0.717) is 12.5 Å². The van der Waals surface area contributed by atoms with E-state index >= 15 is 0 Å². The maximum Gasteiger partial charge on any atom is 0.105 e. The van der Waals surface area contributed by atoms with Crippen LogP contribution >= 0.6 is 0 Å². The second-order valence-corrected chi connectivity index (χ2v) is 3.91. The molecule has 0 spiro atoms. The van der Waals surface area contributed by atoms with E-state index in [9.17, 15) is 0 Å². The first-order valence-corrected chi connectivity index (χ1v) is 4.72. The number of nitrogens with zero attached hydrogens (tertiary/aromatic N) is 1. The second kappa shape index (κ2) is 5.95. The van der Waals surface area contributed by atoms with Crippen molar-refractivity contribution in [1.82, 2.24) is 5.32 Å². The number of hydrogen-bond acceptors (Lipinski definition) is 3. The first-order chi connectivity index (χ1) is 6.04. The molecule has 1 atom stereocenters. The molecule has 0 saturated heterocycles. The summed E-state index contributed by atoms with van der Waals surface area (Å²) in [5, 5.41) is 11.8. The van der Waals surface area contributed by atoms with E-state index in [4.69, 9.17) is 10.00 Å². The third kappa shape index (κ3) is 5.62. The van der Waals surface area contributed by atoms with E-state index in [1.807, 2.05) is 6.92 Å². The van der Waals surface area contributed by atoms with Gasteiger partial charge >= 0.3 is 0 Å². The molecule has 1 N–H and O–H groups in total. The van der Waals surface area contributed by atoms with Crippen LogP contribution in [0.15, 0.2) is 0 Å². The molecule has 3 heteroatoms. The van der Waals surface area contributed by atoms with Gasteiger partial charge in [0.15, 0.2) is 0 Å². The summed E-state index contributed by atoms with van der Waals surface area (Å²) in [5.41, 5.74) is -0.447. The first-order valence-electron chi connectivity index (χ1n) is 4.72. The Morgan fingerprint density at radius 2 is 2.15 bits per heavy atom. The van der Waals surface area contributed by atoms with Crippen molar-refractivity contribution < 1.29 is 4.74 Å². The lowest BCUT2D eigenvalue weighted by atomic mass is 10.0. The monoisotopic (exact) mass is 184 g/mol. The van der Waals surface area contributed by atoms with Gasteiger partial charge in [-0.3, -0.25) is 0 Å². The normalized spacial score (nSPS) is 15.4. The van der Waals surface area contributed by atoms with E-state index in [1.54, 1.807) is 7.05 Å². The van der Waals surface area contributed by atoms with Gasteiger partial charge < -0.3 is 10.1 Å². The molecule has 13 heavy (non-hydrogen) atoms. The summed E-state index contributed by atoms with van der Waals surface area (Å²) in [7, 11) is 1.80. The van der Waals surface area contributed by atoms with Crippen LogP contribution in [-0.2, 0) is 4.74 Å². The van der Waals surface area contributed by atoms with Crippen LogP contribution in [0, 0.1) is 17.2 Å². The fraction of sp³-hybridized carbons (Fsp3) is 0.900. The molecule has 0 bridgehead atoms. The lowest BCUT2D eigenvalue weighted by Crippen LogP contribution is -2.39. The number of nitrogens with one attached hydrogen (secondary N) is 1. The SMILES string of the molecule is CNC(C)(C#N)CCOCC(C)C. The summed E-state index contributed by atoms with van der Waals surface area (Å²) in [6, 6.07) is 2.23. The zero-order valence-electron chi connectivity index (χ0n) is 9.05. The summed E-state index contributed by atoms with van der Waals surface area (Å²) in [6.07, 6.45) is 0.729. The van der Waals surface area contributed by atoms with Crippen molar-refractivity contribution in [3.63, 3.8) is 0 Å². The van der Waals surface area contributed by atoms with Crippen LogP contribution in [-0.4, -0.2) is 25.8 Å². The largest absolute Gasteiger partial charge is 0.381 e. The van der Waals surface area contributed by atoms with Crippen LogP contribution in [0.4, 0.5) is 0 Å². The highest BCUT2D eigenvalue weighted by Gasteiger charge is 2.20. The van der Waals surface area contributed by atoms with E-state index in [-0.39, 0.29) is 0 Å². The first kappa shape index (κ1) is 12.4. The summed E-state index contributed by atoms with van der Waals surface area (Å²) in [5.74, 6) is 0.558. The van der Waals surface area contributed by atoms with E-state index in [1.165, 1.54) is 0 Å². The molecule has 1 unspecified atom stereocenters. The average Bonchev–Trinajstić information content (AvgIpc) is 2.12. The van der Waals surface area contributed by atoms with Gasteiger partial charge in [0.2, 0.25) is 0 Å². The zero-order chi connectivity index (χ0) is 10.3. The third-order valence-corrected chi connectivity index (χ3v) is 2.00. The lowest BCUT2D eigenvalue weighted by Gasteiger charge is -2.20. The number of nitriles is 1. The maximum atomic E-state index is 8.83. The molecule has 3 nitrogen and oxygen atoms in total. The van der Waals surface area contributed by atoms with Crippen molar-refractivity contribution in [2.45, 2.75) is 32.7 Å². The molecule has 0 aliphatic rings. The molecule has 0 rings (SSSR count). The molecule has 0 heterocycles. The minimum atomic E-state index is -0.447. The highest BCUT2D eigenvalue weighted by Crippen LogP contribution is 2.07. The number of hydrogen-bond donors (Lipinski definition) is 1. The van der Waals surface area contributed by atoms with Gasteiger partial charge in [-0.1, -0.05) is 13.8 Å². The Morgan fingerprint density at radius 3 is 2.54 bits per heavy atom. The minimum Gasteiger partial charge on any atom is -0.381 e. The fourth-order valence-corrected chi connectivity index (χ4v) is 0.832. The summed E-state index contributed by atoms with van der Waals surface area (Å²) >= 11 is 0. The predicted octanol–water partition coefficient (Wildman–Crippen LogP) is 1.55. The Kier molecular flexibility index (Phi) is 5.68. The van der Waals surface area contributed by atoms with E-state index in [2.05, 4.69) is 25.2 Å². The van der Waals surface area contributed by atoms with Gasteiger partial charge in [-0.25, -0.2) is 0 Å². The van der Waals surface area contributed by atoms with E-state index < -0.39 is 5.54 Å². The molecule has 76 valence electrons. The maximum absolute atomic E-state index is 8.83. The molecule has 0 aliphatic carbocycles. The highest BCUT2D eigenvalue weighted by molar-refractivity contribution is 5.02. The predicted molar refractivity (Wildman–Crippen MR) is 53.4 cm³/mol. The number of rotatable bonds is 6. The van der Waals surface area contributed by atoms with Gasteiger partial charge in [-0.05, 0) is 19.9 Å². The van der Waals surface area contributed by atoms with Crippen LogP contribution in [0.5, 0.6) is 0 Å². The van der Waals surface area contributed by atoms with Crippen molar-refractivity contribution in [3.8, 4) is 6.07 Å². The number of ether oxygens (including phenoxy) is 1. The van der Waals surface area contributed by atoms with Crippen molar-refractivity contribution in [2.24, 2.45) is 5.92 Å². The fourth-order valence-electron chi connectivity index (χ4n) is 0.832. The highest BCUT2D eigenvalue weighted by atomic mass is 16.5. The molecular formula is C10H20N2O. The summed E-state index contributed by atoms with van der Waals surface area (Å²) in [6.45, 7) is 7.52. The van der Waals surface area contributed by atoms with Crippen molar-refractivity contribution in [1.29, 1.82) is 5.26 Å². The molecule has 0 saturated carbocycles. The minimum absolute atomic E-state index is 0.447. The topological polar surface area (TPSA) is 45.0 Å².